The van der Waals surface area contributed by atoms with Crippen molar-refractivity contribution in [2.24, 2.45) is 0 Å². The van der Waals surface area contributed by atoms with E-state index in [1.54, 1.807) is 31.2 Å². The highest BCUT2D eigenvalue weighted by Gasteiger charge is 2.11. The van der Waals surface area contributed by atoms with Gasteiger partial charge in [-0.15, -0.1) is 0 Å². The summed E-state index contributed by atoms with van der Waals surface area (Å²) in [7, 11) is 0. The summed E-state index contributed by atoms with van der Waals surface area (Å²) in [6, 6.07) is 15.8. The van der Waals surface area contributed by atoms with Crippen molar-refractivity contribution in [1.82, 2.24) is 9.97 Å². The largest absolute Gasteiger partial charge is 0.462 e. The predicted octanol–water partition coefficient (Wildman–Crippen LogP) is 3.96. The average Bonchev–Trinajstić information content (AvgIpc) is 2.71. The van der Waals surface area contributed by atoms with Crippen molar-refractivity contribution in [3.05, 3.63) is 77.6 Å². The van der Waals surface area contributed by atoms with Gasteiger partial charge in [-0.1, -0.05) is 17.7 Å². The van der Waals surface area contributed by atoms with E-state index in [4.69, 9.17) is 4.74 Å². The van der Waals surface area contributed by atoms with Crippen molar-refractivity contribution in [1.29, 1.82) is 0 Å². The van der Waals surface area contributed by atoms with Gasteiger partial charge in [-0.3, -0.25) is 4.79 Å². The molecular formula is C21H20N4O3. The van der Waals surface area contributed by atoms with Gasteiger partial charge in [-0.25, -0.2) is 14.8 Å². The molecule has 7 heteroatoms. The van der Waals surface area contributed by atoms with Crippen LogP contribution in [0, 0.1) is 6.92 Å². The topological polar surface area (TPSA) is 93.2 Å². The number of nitrogens with zero attached hydrogens (tertiary/aromatic N) is 2. The fourth-order valence-electron chi connectivity index (χ4n) is 2.41. The third-order valence-electron chi connectivity index (χ3n) is 3.85. The van der Waals surface area contributed by atoms with Gasteiger partial charge < -0.3 is 15.4 Å². The van der Waals surface area contributed by atoms with Crippen molar-refractivity contribution in [3.8, 4) is 0 Å². The maximum absolute atomic E-state index is 12.5. The van der Waals surface area contributed by atoms with Gasteiger partial charge in [0.05, 0.1) is 12.2 Å². The molecule has 0 saturated heterocycles. The van der Waals surface area contributed by atoms with Gasteiger partial charge in [0, 0.05) is 17.6 Å². The van der Waals surface area contributed by atoms with E-state index in [0.717, 1.165) is 11.3 Å². The molecule has 2 N–H and O–H groups in total. The van der Waals surface area contributed by atoms with Gasteiger partial charge in [0.2, 0.25) is 5.95 Å². The number of benzene rings is 2. The Bertz CT molecular complexity index is 970. The summed E-state index contributed by atoms with van der Waals surface area (Å²) in [6.07, 6.45) is 1.52. The molecule has 0 aliphatic rings. The Balaban J connectivity index is 1.67. The number of hydrogen-bond donors (Lipinski definition) is 2. The molecular weight excluding hydrogens is 356 g/mol. The van der Waals surface area contributed by atoms with Gasteiger partial charge in [0.15, 0.2) is 0 Å². The smallest absolute Gasteiger partial charge is 0.338 e. The van der Waals surface area contributed by atoms with Crippen LogP contribution in [0.1, 0.15) is 33.3 Å². The maximum atomic E-state index is 12.5. The van der Waals surface area contributed by atoms with Gasteiger partial charge in [-0.05, 0) is 56.3 Å². The third kappa shape index (κ3) is 4.91. The minimum absolute atomic E-state index is 0.221. The maximum Gasteiger partial charge on any atom is 0.338 e. The monoisotopic (exact) mass is 376 g/mol. The minimum Gasteiger partial charge on any atom is -0.462 e. The molecule has 0 spiro atoms. The highest BCUT2D eigenvalue weighted by molar-refractivity contribution is 6.03. The Hall–Kier alpha value is -3.74. The first kappa shape index (κ1) is 19.0. The molecule has 3 rings (SSSR count). The first-order valence-corrected chi connectivity index (χ1v) is 8.80. The van der Waals surface area contributed by atoms with Gasteiger partial charge in [-0.2, -0.15) is 0 Å². The lowest BCUT2D eigenvalue weighted by Crippen LogP contribution is -2.15. The van der Waals surface area contributed by atoms with Crippen molar-refractivity contribution in [3.63, 3.8) is 0 Å². The quantitative estimate of drug-likeness (QED) is 0.633. The first-order valence-electron chi connectivity index (χ1n) is 8.80. The van der Waals surface area contributed by atoms with Crippen LogP contribution < -0.4 is 10.6 Å². The first-order chi connectivity index (χ1) is 13.5. The number of rotatable bonds is 6. The molecule has 0 unspecified atom stereocenters. The number of carbonyl (C=O) groups is 2. The van der Waals surface area contributed by atoms with E-state index in [1.807, 2.05) is 31.2 Å². The third-order valence-corrected chi connectivity index (χ3v) is 3.85. The fraction of sp³-hybridized carbons (Fsp3) is 0.143. The molecule has 0 fully saturated rings. The van der Waals surface area contributed by atoms with Crippen molar-refractivity contribution in [2.45, 2.75) is 13.8 Å². The number of esters is 1. The van der Waals surface area contributed by atoms with E-state index < -0.39 is 5.97 Å². The van der Waals surface area contributed by atoms with Crippen LogP contribution in [0.25, 0.3) is 0 Å². The summed E-state index contributed by atoms with van der Waals surface area (Å²) in [5.74, 6) is -0.449. The Morgan fingerprint density at radius 3 is 2.32 bits per heavy atom. The summed E-state index contributed by atoms with van der Waals surface area (Å²) < 4.78 is 4.94. The highest BCUT2D eigenvalue weighted by atomic mass is 16.5. The number of nitrogens with one attached hydrogen (secondary N) is 2. The lowest BCUT2D eigenvalue weighted by molar-refractivity contribution is 0.0526. The molecule has 7 nitrogen and oxygen atoms in total. The van der Waals surface area contributed by atoms with E-state index in [-0.39, 0.29) is 11.6 Å². The average molecular weight is 376 g/mol. The van der Waals surface area contributed by atoms with Crippen LogP contribution in [0.15, 0.2) is 60.8 Å². The second kappa shape index (κ2) is 8.77. The Morgan fingerprint density at radius 1 is 0.964 bits per heavy atom. The summed E-state index contributed by atoms with van der Waals surface area (Å²) in [5.41, 5.74) is 3.17. The molecule has 2 aromatic carbocycles. The van der Waals surface area contributed by atoms with Crippen LogP contribution in [0.3, 0.4) is 0 Å². The number of aryl methyl sites for hydroxylation is 1. The summed E-state index contributed by atoms with van der Waals surface area (Å²) in [6.45, 7) is 4.06. The Morgan fingerprint density at radius 2 is 1.64 bits per heavy atom. The predicted molar refractivity (Wildman–Crippen MR) is 107 cm³/mol. The standard InChI is InChI=1S/C21H20N4O3/c1-3-28-20(27)15-6-10-16(11-7-15)23-19(26)18-12-13-22-21(25-18)24-17-8-4-14(2)5-9-17/h4-13H,3H2,1-2H3,(H,23,26)(H,22,24,25). The Labute approximate surface area is 162 Å². The molecule has 0 aliphatic carbocycles. The molecule has 0 atom stereocenters. The number of hydrogen-bond acceptors (Lipinski definition) is 6. The number of anilines is 3. The second-order valence-electron chi connectivity index (χ2n) is 6.01. The molecule has 0 saturated carbocycles. The zero-order chi connectivity index (χ0) is 19.9. The Kier molecular flexibility index (Phi) is 5.96. The highest BCUT2D eigenvalue weighted by Crippen LogP contribution is 2.15. The fourth-order valence-corrected chi connectivity index (χ4v) is 2.41. The summed E-state index contributed by atoms with van der Waals surface area (Å²) >= 11 is 0. The van der Waals surface area contributed by atoms with Gasteiger partial charge in [0.1, 0.15) is 5.69 Å². The molecule has 0 bridgehead atoms. The van der Waals surface area contributed by atoms with Crippen molar-refractivity contribution >= 4 is 29.2 Å². The minimum atomic E-state index is -0.400. The number of amides is 1. The van der Waals surface area contributed by atoms with Gasteiger partial charge in [0.25, 0.3) is 5.91 Å². The molecule has 28 heavy (non-hydrogen) atoms. The van der Waals surface area contributed by atoms with Crippen LogP contribution in [0.5, 0.6) is 0 Å². The zero-order valence-electron chi connectivity index (χ0n) is 15.6. The number of ether oxygens (including phenoxy) is 1. The van der Waals surface area contributed by atoms with E-state index in [0.29, 0.717) is 23.8 Å². The van der Waals surface area contributed by atoms with Crippen LogP contribution >= 0.6 is 0 Å². The molecule has 0 aliphatic heterocycles. The van der Waals surface area contributed by atoms with Crippen LogP contribution in [-0.2, 0) is 4.74 Å². The number of aromatic nitrogens is 2. The summed E-state index contributed by atoms with van der Waals surface area (Å²) in [5, 5.41) is 5.81. The van der Waals surface area contributed by atoms with Crippen LogP contribution in [-0.4, -0.2) is 28.5 Å². The van der Waals surface area contributed by atoms with E-state index in [1.165, 1.54) is 12.3 Å². The zero-order valence-corrected chi connectivity index (χ0v) is 15.6. The van der Waals surface area contributed by atoms with Crippen LogP contribution in [0.2, 0.25) is 0 Å². The lowest BCUT2D eigenvalue weighted by Gasteiger charge is -2.08. The molecule has 0 radical (unpaired) electrons. The van der Waals surface area contributed by atoms with E-state index in [9.17, 15) is 9.59 Å². The molecule has 1 heterocycles. The normalized spacial score (nSPS) is 10.2. The lowest BCUT2D eigenvalue weighted by atomic mass is 10.2. The SMILES string of the molecule is CCOC(=O)c1ccc(NC(=O)c2ccnc(Nc3ccc(C)cc3)n2)cc1. The number of carbonyl (C=O) groups excluding carboxylic acids is 2. The van der Waals surface area contributed by atoms with Gasteiger partial charge >= 0.3 is 5.97 Å². The summed E-state index contributed by atoms with van der Waals surface area (Å²) in [4.78, 5) is 32.5. The van der Waals surface area contributed by atoms with Crippen LogP contribution in [0.4, 0.5) is 17.3 Å². The van der Waals surface area contributed by atoms with E-state index >= 15 is 0 Å². The second-order valence-corrected chi connectivity index (χ2v) is 6.01. The van der Waals surface area contributed by atoms with Crippen molar-refractivity contribution < 1.29 is 14.3 Å². The van der Waals surface area contributed by atoms with Crippen molar-refractivity contribution in [2.75, 3.05) is 17.2 Å². The molecule has 142 valence electrons. The molecule has 3 aromatic rings. The van der Waals surface area contributed by atoms with E-state index in [2.05, 4.69) is 20.6 Å². The molecule has 1 aromatic heterocycles. The molecule has 1 amide bonds.